The normalized spacial score (nSPS) is 15.0. The van der Waals surface area contributed by atoms with Crippen molar-refractivity contribution in [2.45, 2.75) is 25.7 Å². The average Bonchev–Trinajstić information content (AvgIpc) is 2.85. The smallest absolute Gasteiger partial charge is 0.290 e. The van der Waals surface area contributed by atoms with Gasteiger partial charge in [0.2, 0.25) is 0 Å². The van der Waals surface area contributed by atoms with Gasteiger partial charge in [0.25, 0.3) is 12.4 Å². The second kappa shape index (κ2) is 12.4. The van der Waals surface area contributed by atoms with Crippen LogP contribution in [-0.4, -0.2) is 66.7 Å². The molecule has 1 aromatic carbocycles. The predicted octanol–water partition coefficient (Wildman–Crippen LogP) is 2.81. The van der Waals surface area contributed by atoms with Gasteiger partial charge in [-0.15, -0.1) is 0 Å². The number of carbonyl (C=O) groups excluding carboxylic acids is 1. The van der Waals surface area contributed by atoms with Crippen LogP contribution in [0.4, 0.5) is 8.78 Å². The summed E-state index contributed by atoms with van der Waals surface area (Å²) < 4.78 is 25.0. The third-order valence-corrected chi connectivity index (χ3v) is 4.07. The van der Waals surface area contributed by atoms with Gasteiger partial charge in [-0.1, -0.05) is 0 Å². The molecule has 1 aliphatic rings. The van der Waals surface area contributed by atoms with Crippen LogP contribution >= 0.6 is 0 Å². The number of carbonyl (C=O) groups is 2. The van der Waals surface area contributed by atoms with Gasteiger partial charge in [-0.25, -0.2) is 4.39 Å². The van der Waals surface area contributed by atoms with Crippen LogP contribution in [0.5, 0.6) is 0 Å². The van der Waals surface area contributed by atoms with E-state index < -0.39 is 0 Å². The number of unbranched alkanes of at least 4 members (excludes halogenated alkanes) is 2. The molecule has 1 amide bonds. The summed E-state index contributed by atoms with van der Waals surface area (Å²) in [5.41, 5.74) is 0.540. The first-order valence-electron chi connectivity index (χ1n) is 8.53. The topological polar surface area (TPSA) is 60.9 Å². The number of rotatable bonds is 6. The highest BCUT2D eigenvalue weighted by molar-refractivity contribution is 5.94. The first kappa shape index (κ1) is 21.0. The molecular weight excluding hydrogens is 330 g/mol. The second-order valence-corrected chi connectivity index (χ2v) is 5.85. The second-order valence-electron chi connectivity index (χ2n) is 5.85. The summed E-state index contributed by atoms with van der Waals surface area (Å²) in [5, 5.41) is 6.89. The predicted molar refractivity (Wildman–Crippen MR) is 91.9 cm³/mol. The van der Waals surface area contributed by atoms with Gasteiger partial charge in [0.1, 0.15) is 5.82 Å². The van der Waals surface area contributed by atoms with Crippen LogP contribution in [0.25, 0.3) is 0 Å². The fraction of sp³-hybridized carbons (Fsp3) is 0.556. The minimum Gasteiger partial charge on any atom is -0.483 e. The van der Waals surface area contributed by atoms with E-state index in [1.54, 1.807) is 0 Å². The molecule has 1 aromatic rings. The lowest BCUT2D eigenvalue weighted by atomic mass is 10.2. The Balaban J connectivity index is 0.000000970. The van der Waals surface area contributed by atoms with E-state index in [-0.39, 0.29) is 24.9 Å². The lowest BCUT2D eigenvalue weighted by Crippen LogP contribution is -2.35. The van der Waals surface area contributed by atoms with E-state index in [1.807, 2.05) is 4.90 Å². The average molecular weight is 356 g/mol. The summed E-state index contributed by atoms with van der Waals surface area (Å²) in [5.74, 6) is -0.355. The standard InChI is InChI=1S/C17H24F2N2O.CH2O2/c18-9-2-1-3-10-20-11-4-12-21(14-13-20)17(22)15-5-7-16(19)8-6-15;2-1-3/h5-8H,1-4,9-14H2;1H,(H,2,3). The summed E-state index contributed by atoms with van der Waals surface area (Å²) in [6.07, 6.45) is 3.51. The number of alkyl halides is 1. The van der Waals surface area contributed by atoms with Crippen LogP contribution in [0, 0.1) is 5.82 Å². The molecular formula is C18H26F2N2O3. The monoisotopic (exact) mass is 356 g/mol. The number of amides is 1. The summed E-state index contributed by atoms with van der Waals surface area (Å²) in [7, 11) is 0. The molecule has 0 aromatic heterocycles. The number of halogens is 2. The van der Waals surface area contributed by atoms with Gasteiger partial charge in [-0.05, 0) is 63.0 Å². The highest BCUT2D eigenvalue weighted by atomic mass is 19.1. The van der Waals surface area contributed by atoms with E-state index in [4.69, 9.17) is 9.90 Å². The van der Waals surface area contributed by atoms with Gasteiger partial charge in [0, 0.05) is 25.2 Å². The molecule has 2 rings (SSSR count). The molecule has 0 bridgehead atoms. The molecule has 0 saturated carbocycles. The maximum absolute atomic E-state index is 12.9. The molecule has 5 nitrogen and oxygen atoms in total. The van der Waals surface area contributed by atoms with Gasteiger partial charge >= 0.3 is 0 Å². The van der Waals surface area contributed by atoms with Gasteiger partial charge < -0.3 is 14.9 Å². The zero-order chi connectivity index (χ0) is 18.5. The van der Waals surface area contributed by atoms with Crippen molar-refractivity contribution in [1.29, 1.82) is 0 Å². The van der Waals surface area contributed by atoms with Crippen molar-refractivity contribution in [1.82, 2.24) is 9.80 Å². The number of hydrogen-bond donors (Lipinski definition) is 1. The third-order valence-electron chi connectivity index (χ3n) is 4.07. The first-order valence-corrected chi connectivity index (χ1v) is 8.53. The number of hydrogen-bond acceptors (Lipinski definition) is 3. The molecule has 25 heavy (non-hydrogen) atoms. The summed E-state index contributed by atoms with van der Waals surface area (Å²) in [6.45, 7) is 3.74. The summed E-state index contributed by atoms with van der Waals surface area (Å²) >= 11 is 0. The zero-order valence-electron chi connectivity index (χ0n) is 14.4. The minimum absolute atomic E-state index is 0.0284. The van der Waals surface area contributed by atoms with Crippen LogP contribution in [0.3, 0.4) is 0 Å². The van der Waals surface area contributed by atoms with Crippen molar-refractivity contribution in [3.05, 3.63) is 35.6 Å². The largest absolute Gasteiger partial charge is 0.483 e. The fourth-order valence-corrected chi connectivity index (χ4v) is 2.78. The third kappa shape index (κ3) is 8.07. The van der Waals surface area contributed by atoms with E-state index in [9.17, 15) is 13.6 Å². The number of nitrogens with zero attached hydrogens (tertiary/aromatic N) is 2. The van der Waals surface area contributed by atoms with Crippen molar-refractivity contribution >= 4 is 12.4 Å². The van der Waals surface area contributed by atoms with Gasteiger partial charge in [-0.2, -0.15) is 0 Å². The van der Waals surface area contributed by atoms with Crippen molar-refractivity contribution in [2.24, 2.45) is 0 Å². The minimum atomic E-state index is -0.327. The van der Waals surface area contributed by atoms with Crippen LogP contribution in [0.2, 0.25) is 0 Å². The van der Waals surface area contributed by atoms with E-state index in [0.29, 0.717) is 18.5 Å². The highest BCUT2D eigenvalue weighted by Crippen LogP contribution is 2.11. The fourth-order valence-electron chi connectivity index (χ4n) is 2.78. The molecule has 0 unspecified atom stereocenters. The zero-order valence-corrected chi connectivity index (χ0v) is 14.4. The molecule has 1 fully saturated rings. The van der Waals surface area contributed by atoms with Crippen LogP contribution in [-0.2, 0) is 4.79 Å². The summed E-state index contributed by atoms with van der Waals surface area (Å²) in [6, 6.07) is 5.72. The molecule has 140 valence electrons. The molecule has 1 saturated heterocycles. The molecule has 1 aliphatic heterocycles. The number of benzene rings is 1. The SMILES string of the molecule is O=C(c1ccc(F)cc1)N1CCCN(CCCCCF)CC1.O=CO. The van der Waals surface area contributed by atoms with Crippen molar-refractivity contribution in [2.75, 3.05) is 39.4 Å². The first-order chi connectivity index (χ1) is 12.1. The Morgan fingerprint density at radius 3 is 2.40 bits per heavy atom. The van der Waals surface area contributed by atoms with Gasteiger partial charge in [0.15, 0.2) is 0 Å². The quantitative estimate of drug-likeness (QED) is 0.629. The Labute approximate surface area is 147 Å². The maximum Gasteiger partial charge on any atom is 0.290 e. The van der Waals surface area contributed by atoms with E-state index >= 15 is 0 Å². The molecule has 0 aliphatic carbocycles. The molecule has 1 heterocycles. The Kier molecular flexibility index (Phi) is 10.4. The van der Waals surface area contributed by atoms with Crippen LogP contribution in [0.1, 0.15) is 36.0 Å². The van der Waals surface area contributed by atoms with Crippen molar-refractivity contribution in [3.8, 4) is 0 Å². The number of carboxylic acid groups (broad SMARTS) is 1. The Morgan fingerprint density at radius 1 is 1.08 bits per heavy atom. The van der Waals surface area contributed by atoms with Gasteiger partial charge in [0.05, 0.1) is 6.67 Å². The van der Waals surface area contributed by atoms with Crippen molar-refractivity contribution in [3.63, 3.8) is 0 Å². The Hall–Kier alpha value is -2.02. The summed E-state index contributed by atoms with van der Waals surface area (Å²) in [4.78, 5) is 25.0. The van der Waals surface area contributed by atoms with E-state index in [1.165, 1.54) is 24.3 Å². The maximum atomic E-state index is 12.9. The Morgan fingerprint density at radius 2 is 1.76 bits per heavy atom. The molecule has 1 N–H and O–H groups in total. The van der Waals surface area contributed by atoms with Gasteiger partial charge in [-0.3, -0.25) is 14.0 Å². The molecule has 7 heteroatoms. The van der Waals surface area contributed by atoms with Crippen molar-refractivity contribution < 1.29 is 23.5 Å². The molecule has 0 atom stereocenters. The Bertz CT molecular complexity index is 512. The molecule has 0 radical (unpaired) electrons. The van der Waals surface area contributed by atoms with Crippen LogP contribution < -0.4 is 0 Å². The van der Waals surface area contributed by atoms with Crippen LogP contribution in [0.15, 0.2) is 24.3 Å². The molecule has 0 spiro atoms. The lowest BCUT2D eigenvalue weighted by Gasteiger charge is -2.22. The lowest BCUT2D eigenvalue weighted by molar-refractivity contribution is -0.122. The van der Waals surface area contributed by atoms with E-state index in [0.717, 1.165) is 45.4 Å². The highest BCUT2D eigenvalue weighted by Gasteiger charge is 2.20. The van der Waals surface area contributed by atoms with E-state index in [2.05, 4.69) is 4.90 Å².